The molecule has 0 heterocycles. The SMILES string of the molecule is CCC(C(=O)NC(C)C)N(Cc1ccccc1)C(=O)CN(c1cccc(Cl)c1C)S(C)(=O)=O. The predicted octanol–water partition coefficient (Wildman–Crippen LogP) is 3.75. The van der Waals surface area contributed by atoms with Crippen molar-refractivity contribution >= 4 is 39.1 Å². The Balaban J connectivity index is 2.46. The van der Waals surface area contributed by atoms with Crippen molar-refractivity contribution in [1.29, 1.82) is 0 Å². The van der Waals surface area contributed by atoms with Crippen molar-refractivity contribution < 1.29 is 18.0 Å². The molecule has 2 rings (SSSR count). The van der Waals surface area contributed by atoms with Crippen LogP contribution in [0.2, 0.25) is 5.02 Å². The summed E-state index contributed by atoms with van der Waals surface area (Å²) >= 11 is 6.21. The summed E-state index contributed by atoms with van der Waals surface area (Å²) in [7, 11) is -3.80. The van der Waals surface area contributed by atoms with Crippen LogP contribution in [0.25, 0.3) is 0 Å². The van der Waals surface area contributed by atoms with Gasteiger partial charge >= 0.3 is 0 Å². The molecular formula is C24H32ClN3O4S. The molecule has 1 N–H and O–H groups in total. The molecule has 0 aliphatic carbocycles. The summed E-state index contributed by atoms with van der Waals surface area (Å²) in [5.74, 6) is -0.754. The Labute approximate surface area is 201 Å². The van der Waals surface area contributed by atoms with E-state index in [9.17, 15) is 18.0 Å². The fourth-order valence-corrected chi connectivity index (χ4v) is 4.61. The molecule has 7 nitrogen and oxygen atoms in total. The topological polar surface area (TPSA) is 86.8 Å². The van der Waals surface area contributed by atoms with Gasteiger partial charge in [-0.2, -0.15) is 0 Å². The quantitative estimate of drug-likeness (QED) is 0.546. The maximum atomic E-state index is 13.6. The summed E-state index contributed by atoms with van der Waals surface area (Å²) in [4.78, 5) is 27.9. The number of amides is 2. The largest absolute Gasteiger partial charge is 0.352 e. The first-order valence-electron chi connectivity index (χ1n) is 10.8. The van der Waals surface area contributed by atoms with Crippen LogP contribution >= 0.6 is 11.6 Å². The molecule has 0 saturated heterocycles. The molecule has 0 radical (unpaired) electrons. The molecule has 2 aromatic carbocycles. The van der Waals surface area contributed by atoms with Crippen LogP contribution in [0.4, 0.5) is 5.69 Å². The highest BCUT2D eigenvalue weighted by molar-refractivity contribution is 7.92. The van der Waals surface area contributed by atoms with Crippen molar-refractivity contribution in [2.45, 2.75) is 52.7 Å². The molecule has 1 atom stereocenters. The van der Waals surface area contributed by atoms with E-state index in [-0.39, 0.29) is 18.5 Å². The van der Waals surface area contributed by atoms with Gasteiger partial charge in [0.1, 0.15) is 12.6 Å². The van der Waals surface area contributed by atoms with E-state index >= 15 is 0 Å². The second kappa shape index (κ2) is 11.5. The number of halogens is 1. The van der Waals surface area contributed by atoms with Gasteiger partial charge in [-0.05, 0) is 50.5 Å². The number of carbonyl (C=O) groups excluding carboxylic acids is 2. The van der Waals surface area contributed by atoms with E-state index < -0.39 is 28.5 Å². The van der Waals surface area contributed by atoms with Crippen LogP contribution in [0.3, 0.4) is 0 Å². The first-order valence-corrected chi connectivity index (χ1v) is 13.0. The maximum absolute atomic E-state index is 13.6. The first-order chi connectivity index (χ1) is 15.5. The average molecular weight is 494 g/mol. The van der Waals surface area contributed by atoms with Gasteiger partial charge in [0.05, 0.1) is 11.9 Å². The molecule has 2 aromatic rings. The van der Waals surface area contributed by atoms with Crippen molar-refractivity contribution in [3.8, 4) is 0 Å². The molecule has 0 saturated carbocycles. The fraction of sp³-hybridized carbons (Fsp3) is 0.417. The fourth-order valence-electron chi connectivity index (χ4n) is 3.54. The molecule has 0 bridgehead atoms. The number of carbonyl (C=O) groups is 2. The zero-order chi connectivity index (χ0) is 24.8. The minimum Gasteiger partial charge on any atom is -0.352 e. The molecular weight excluding hydrogens is 462 g/mol. The van der Waals surface area contributed by atoms with Crippen LogP contribution < -0.4 is 9.62 Å². The normalized spacial score (nSPS) is 12.3. The molecule has 0 aromatic heterocycles. The molecule has 33 heavy (non-hydrogen) atoms. The van der Waals surface area contributed by atoms with Crippen molar-refractivity contribution in [2.75, 3.05) is 17.1 Å². The molecule has 0 fully saturated rings. The molecule has 0 aliphatic heterocycles. The third kappa shape index (κ3) is 7.20. The minimum atomic E-state index is -3.80. The predicted molar refractivity (Wildman–Crippen MR) is 133 cm³/mol. The van der Waals surface area contributed by atoms with Crippen molar-refractivity contribution in [2.24, 2.45) is 0 Å². The Morgan fingerprint density at radius 3 is 2.24 bits per heavy atom. The molecule has 9 heteroatoms. The summed E-state index contributed by atoms with van der Waals surface area (Å²) in [6, 6.07) is 13.4. The van der Waals surface area contributed by atoms with E-state index in [1.807, 2.05) is 51.1 Å². The van der Waals surface area contributed by atoms with Gasteiger partial charge in [0.15, 0.2) is 0 Å². The Hall–Kier alpha value is -2.58. The van der Waals surface area contributed by atoms with Crippen LogP contribution in [0.15, 0.2) is 48.5 Å². The Morgan fingerprint density at radius 1 is 1.06 bits per heavy atom. The molecule has 180 valence electrons. The minimum absolute atomic E-state index is 0.0955. The van der Waals surface area contributed by atoms with Crippen LogP contribution in [0, 0.1) is 6.92 Å². The van der Waals surface area contributed by atoms with Gasteiger partial charge in [-0.25, -0.2) is 8.42 Å². The Kier molecular flexibility index (Phi) is 9.31. The number of hydrogen-bond acceptors (Lipinski definition) is 4. The summed E-state index contributed by atoms with van der Waals surface area (Å²) in [5, 5.41) is 3.27. The van der Waals surface area contributed by atoms with Crippen molar-refractivity contribution in [1.82, 2.24) is 10.2 Å². The molecule has 0 aliphatic rings. The highest BCUT2D eigenvalue weighted by Crippen LogP contribution is 2.28. The van der Waals surface area contributed by atoms with Gasteiger partial charge in [-0.15, -0.1) is 0 Å². The first kappa shape index (κ1) is 26.7. The summed E-state index contributed by atoms with van der Waals surface area (Å²) < 4.78 is 26.4. The lowest BCUT2D eigenvalue weighted by Gasteiger charge is -2.33. The van der Waals surface area contributed by atoms with E-state index in [1.165, 1.54) is 4.90 Å². The number of sulfonamides is 1. The zero-order valence-electron chi connectivity index (χ0n) is 19.7. The van der Waals surface area contributed by atoms with E-state index in [1.54, 1.807) is 25.1 Å². The molecule has 1 unspecified atom stereocenters. The Morgan fingerprint density at radius 2 is 1.70 bits per heavy atom. The highest BCUT2D eigenvalue weighted by atomic mass is 35.5. The standard InChI is InChI=1S/C24H32ClN3O4S/c1-6-21(24(30)26-17(2)3)27(15-19-11-8-7-9-12-19)23(29)16-28(33(5,31)32)22-14-10-13-20(25)18(22)4/h7-14,17,21H,6,15-16H2,1-5H3,(H,26,30). The third-order valence-corrected chi connectivity index (χ3v) is 6.74. The van der Waals surface area contributed by atoms with Gasteiger partial charge in [0.2, 0.25) is 21.8 Å². The number of rotatable bonds is 10. The number of nitrogens with zero attached hydrogens (tertiary/aromatic N) is 2. The van der Waals surface area contributed by atoms with E-state index in [2.05, 4.69) is 5.32 Å². The lowest BCUT2D eigenvalue weighted by atomic mass is 10.1. The van der Waals surface area contributed by atoms with Crippen molar-refractivity contribution in [3.63, 3.8) is 0 Å². The van der Waals surface area contributed by atoms with Gasteiger partial charge in [0, 0.05) is 17.6 Å². The number of nitrogens with one attached hydrogen (secondary N) is 1. The van der Waals surface area contributed by atoms with Gasteiger partial charge < -0.3 is 10.2 Å². The van der Waals surface area contributed by atoms with Gasteiger partial charge in [0.25, 0.3) is 0 Å². The van der Waals surface area contributed by atoms with Crippen LogP contribution in [0.5, 0.6) is 0 Å². The third-order valence-electron chi connectivity index (χ3n) is 5.20. The Bertz CT molecular complexity index is 1070. The zero-order valence-corrected chi connectivity index (χ0v) is 21.3. The van der Waals surface area contributed by atoms with E-state index in [0.717, 1.165) is 16.1 Å². The highest BCUT2D eigenvalue weighted by Gasteiger charge is 2.32. The van der Waals surface area contributed by atoms with E-state index in [4.69, 9.17) is 11.6 Å². The monoisotopic (exact) mass is 493 g/mol. The number of hydrogen-bond donors (Lipinski definition) is 1. The van der Waals surface area contributed by atoms with Gasteiger partial charge in [-0.3, -0.25) is 13.9 Å². The second-order valence-electron chi connectivity index (χ2n) is 8.25. The lowest BCUT2D eigenvalue weighted by molar-refractivity contribution is -0.140. The average Bonchev–Trinajstić information content (AvgIpc) is 2.73. The number of anilines is 1. The van der Waals surface area contributed by atoms with Gasteiger partial charge in [-0.1, -0.05) is 54.9 Å². The number of benzene rings is 2. The smallest absolute Gasteiger partial charge is 0.244 e. The van der Waals surface area contributed by atoms with Crippen molar-refractivity contribution in [3.05, 3.63) is 64.7 Å². The maximum Gasteiger partial charge on any atom is 0.244 e. The molecule has 0 spiro atoms. The summed E-state index contributed by atoms with van der Waals surface area (Å²) in [5.41, 5.74) is 1.72. The van der Waals surface area contributed by atoms with E-state index in [0.29, 0.717) is 22.7 Å². The lowest BCUT2D eigenvalue weighted by Crippen LogP contribution is -2.53. The van der Waals surface area contributed by atoms with Crippen LogP contribution in [0.1, 0.15) is 38.3 Å². The van der Waals surface area contributed by atoms with Crippen LogP contribution in [-0.4, -0.2) is 50.0 Å². The second-order valence-corrected chi connectivity index (χ2v) is 10.6. The van der Waals surface area contributed by atoms with Crippen LogP contribution in [-0.2, 0) is 26.2 Å². The summed E-state index contributed by atoms with van der Waals surface area (Å²) in [6.07, 6.45) is 1.43. The molecule has 2 amide bonds. The summed E-state index contributed by atoms with van der Waals surface area (Å²) in [6.45, 7) is 6.95.